The van der Waals surface area contributed by atoms with E-state index < -0.39 is 0 Å². The number of hydrogen-bond acceptors (Lipinski definition) is 4. The molecule has 3 N–H and O–H groups in total. The van der Waals surface area contributed by atoms with E-state index in [4.69, 9.17) is 4.98 Å². The normalized spacial score (nSPS) is 13.7. The number of para-hydroxylation sites is 1. The Morgan fingerprint density at radius 1 is 0.971 bits per heavy atom. The molecule has 3 aromatic rings. The predicted molar refractivity (Wildman–Crippen MR) is 144 cm³/mol. The van der Waals surface area contributed by atoms with Crippen molar-refractivity contribution in [2.75, 3.05) is 18.4 Å². The fourth-order valence-electron chi connectivity index (χ4n) is 4.99. The summed E-state index contributed by atoms with van der Waals surface area (Å²) in [4.78, 5) is 17.7. The molecule has 1 amide bonds. The van der Waals surface area contributed by atoms with E-state index in [9.17, 15) is 9.90 Å². The molecule has 35 heavy (non-hydrogen) atoms. The van der Waals surface area contributed by atoms with Crippen LogP contribution < -0.4 is 10.6 Å². The third-order valence-electron chi connectivity index (χ3n) is 6.82. The van der Waals surface area contributed by atoms with Crippen molar-refractivity contribution in [1.29, 1.82) is 0 Å². The molecular formula is C30H39N3O2. The molecule has 5 nitrogen and oxygen atoms in total. The van der Waals surface area contributed by atoms with Gasteiger partial charge >= 0.3 is 0 Å². The van der Waals surface area contributed by atoms with Crippen LogP contribution in [0.1, 0.15) is 75.9 Å². The van der Waals surface area contributed by atoms with E-state index in [2.05, 4.69) is 64.3 Å². The van der Waals surface area contributed by atoms with Crippen molar-refractivity contribution in [2.45, 2.75) is 78.1 Å². The van der Waals surface area contributed by atoms with Gasteiger partial charge in [-0.2, -0.15) is 0 Å². The number of fused-ring (bicyclic) bond motifs is 2. The molecule has 0 spiro atoms. The summed E-state index contributed by atoms with van der Waals surface area (Å²) in [6, 6.07) is 12.2. The van der Waals surface area contributed by atoms with E-state index in [1.165, 1.54) is 16.9 Å². The van der Waals surface area contributed by atoms with Crippen LogP contribution in [0.2, 0.25) is 0 Å². The van der Waals surface area contributed by atoms with Crippen molar-refractivity contribution >= 4 is 22.5 Å². The van der Waals surface area contributed by atoms with Gasteiger partial charge in [-0.15, -0.1) is 0 Å². The number of benzene rings is 2. The molecule has 4 rings (SSSR count). The van der Waals surface area contributed by atoms with Gasteiger partial charge in [-0.05, 0) is 58.4 Å². The van der Waals surface area contributed by atoms with Gasteiger partial charge in [0.15, 0.2) is 0 Å². The van der Waals surface area contributed by atoms with Gasteiger partial charge in [0.25, 0.3) is 0 Å². The van der Waals surface area contributed by atoms with Gasteiger partial charge in [0.05, 0.1) is 11.9 Å². The lowest BCUT2D eigenvalue weighted by molar-refractivity contribution is -0.120. The summed E-state index contributed by atoms with van der Waals surface area (Å²) < 4.78 is 0. The molecule has 0 aliphatic heterocycles. The van der Waals surface area contributed by atoms with E-state index in [1.54, 1.807) is 0 Å². The maximum absolute atomic E-state index is 12.8. The van der Waals surface area contributed by atoms with Crippen LogP contribution in [0.3, 0.4) is 0 Å². The Morgan fingerprint density at radius 2 is 1.63 bits per heavy atom. The zero-order chi connectivity index (χ0) is 25.4. The molecule has 1 aromatic heterocycles. The Balaban J connectivity index is 1.43. The highest BCUT2D eigenvalue weighted by molar-refractivity contribution is 5.93. The first-order valence-corrected chi connectivity index (χ1v) is 12.7. The highest BCUT2D eigenvalue weighted by Crippen LogP contribution is 2.40. The number of nitrogens with zero attached hydrogens (tertiary/aromatic N) is 1. The maximum atomic E-state index is 12.8. The van der Waals surface area contributed by atoms with Crippen LogP contribution in [0.15, 0.2) is 36.4 Å². The summed E-state index contributed by atoms with van der Waals surface area (Å²) in [6.07, 6.45) is 3.52. The van der Waals surface area contributed by atoms with E-state index in [1.807, 2.05) is 24.3 Å². The molecule has 0 saturated heterocycles. The second kappa shape index (κ2) is 9.52. The quantitative estimate of drug-likeness (QED) is 0.396. The lowest BCUT2D eigenvalue weighted by Gasteiger charge is -2.28. The SMILES string of the molecule is CC(C)(C)c1cc(CC(=O)NCCNc2c3c(nc4ccccc24)CCC3)cc(C(C)(C)C)c1O. The molecule has 186 valence electrons. The van der Waals surface area contributed by atoms with Crippen LogP contribution >= 0.6 is 0 Å². The minimum absolute atomic E-state index is 0.0120. The zero-order valence-electron chi connectivity index (χ0n) is 22.0. The average molecular weight is 474 g/mol. The second-order valence-electron chi connectivity index (χ2n) is 11.8. The molecular weight excluding hydrogens is 434 g/mol. The van der Waals surface area contributed by atoms with Crippen LogP contribution in [0.5, 0.6) is 5.75 Å². The molecule has 0 fully saturated rings. The van der Waals surface area contributed by atoms with Gasteiger partial charge in [-0.3, -0.25) is 9.78 Å². The Labute approximate surface area is 209 Å². The lowest BCUT2D eigenvalue weighted by atomic mass is 9.78. The number of pyridine rings is 1. The summed E-state index contributed by atoms with van der Waals surface area (Å²) in [5, 5.41) is 18.7. The number of nitrogens with one attached hydrogen (secondary N) is 2. The first-order chi connectivity index (χ1) is 16.4. The Morgan fingerprint density at radius 3 is 2.29 bits per heavy atom. The van der Waals surface area contributed by atoms with Gasteiger partial charge in [0, 0.05) is 29.9 Å². The number of carbonyl (C=O) groups excluding carboxylic acids is 1. The first-order valence-electron chi connectivity index (χ1n) is 12.7. The number of aromatic hydroxyl groups is 1. The summed E-state index contributed by atoms with van der Waals surface area (Å²) in [5.41, 5.74) is 6.98. The van der Waals surface area contributed by atoms with E-state index in [-0.39, 0.29) is 16.7 Å². The average Bonchev–Trinajstić information content (AvgIpc) is 3.23. The van der Waals surface area contributed by atoms with Gasteiger partial charge < -0.3 is 15.7 Å². The van der Waals surface area contributed by atoms with Gasteiger partial charge in [-0.1, -0.05) is 71.9 Å². The van der Waals surface area contributed by atoms with Crippen LogP contribution in [0.25, 0.3) is 10.9 Å². The molecule has 0 bridgehead atoms. The summed E-state index contributed by atoms with van der Waals surface area (Å²) in [7, 11) is 0. The fraction of sp³-hybridized carbons (Fsp3) is 0.467. The molecule has 5 heteroatoms. The minimum atomic E-state index is -0.214. The van der Waals surface area contributed by atoms with Crippen LogP contribution in [0, 0.1) is 0 Å². The zero-order valence-corrected chi connectivity index (χ0v) is 22.0. The number of rotatable bonds is 6. The molecule has 1 aliphatic carbocycles. The van der Waals surface area contributed by atoms with Crippen LogP contribution in [0.4, 0.5) is 5.69 Å². The standard InChI is InChI=1S/C30H39N3O2/c1-29(2,3)22-16-19(17-23(28(22)35)30(4,5)6)18-26(34)31-14-15-32-27-20-10-7-8-12-24(20)33-25-13-9-11-21(25)27/h7-8,10,12,16-17,35H,9,11,13-15,18H2,1-6H3,(H,31,34)(H,32,33). The number of aryl methyl sites for hydroxylation is 1. The van der Waals surface area contributed by atoms with Crippen molar-refractivity contribution in [3.63, 3.8) is 0 Å². The molecule has 1 aliphatic rings. The van der Waals surface area contributed by atoms with Gasteiger partial charge in [0.1, 0.15) is 5.75 Å². The number of hydrogen-bond donors (Lipinski definition) is 3. The topological polar surface area (TPSA) is 74.2 Å². The Hall–Kier alpha value is -3.08. The third kappa shape index (κ3) is 5.44. The van der Waals surface area contributed by atoms with Gasteiger partial charge in [-0.25, -0.2) is 0 Å². The molecule has 0 saturated carbocycles. The third-order valence-corrected chi connectivity index (χ3v) is 6.82. The van der Waals surface area contributed by atoms with Crippen molar-refractivity contribution in [2.24, 2.45) is 0 Å². The smallest absolute Gasteiger partial charge is 0.224 e. The van der Waals surface area contributed by atoms with E-state index in [0.717, 1.165) is 46.9 Å². The largest absolute Gasteiger partial charge is 0.507 e. The Bertz CT molecular complexity index is 1210. The molecule has 0 radical (unpaired) electrons. The van der Waals surface area contributed by atoms with Crippen molar-refractivity contribution < 1.29 is 9.90 Å². The number of carbonyl (C=O) groups is 1. The summed E-state index contributed by atoms with van der Waals surface area (Å²) in [6.45, 7) is 13.7. The minimum Gasteiger partial charge on any atom is -0.507 e. The molecule has 0 atom stereocenters. The monoisotopic (exact) mass is 473 g/mol. The lowest BCUT2D eigenvalue weighted by Crippen LogP contribution is -2.30. The van der Waals surface area contributed by atoms with Crippen LogP contribution in [-0.2, 0) is 34.9 Å². The highest BCUT2D eigenvalue weighted by atomic mass is 16.3. The molecule has 0 unspecified atom stereocenters. The van der Waals surface area contributed by atoms with Gasteiger partial charge in [0.2, 0.25) is 5.91 Å². The summed E-state index contributed by atoms with van der Waals surface area (Å²) >= 11 is 0. The fourth-order valence-corrected chi connectivity index (χ4v) is 4.99. The van der Waals surface area contributed by atoms with Crippen LogP contribution in [-0.4, -0.2) is 29.1 Å². The van der Waals surface area contributed by atoms with Crippen molar-refractivity contribution in [3.05, 3.63) is 64.3 Å². The number of aromatic nitrogens is 1. The molecule has 2 aromatic carbocycles. The van der Waals surface area contributed by atoms with E-state index >= 15 is 0 Å². The predicted octanol–water partition coefficient (Wildman–Crippen LogP) is 5.79. The van der Waals surface area contributed by atoms with Crippen molar-refractivity contribution in [1.82, 2.24) is 10.3 Å². The van der Waals surface area contributed by atoms with Crippen molar-refractivity contribution in [3.8, 4) is 5.75 Å². The number of amides is 1. The Kier molecular flexibility index (Phi) is 6.81. The maximum Gasteiger partial charge on any atom is 0.224 e. The molecule has 1 heterocycles. The summed E-state index contributed by atoms with van der Waals surface area (Å²) in [5.74, 6) is 0.331. The number of anilines is 1. The first kappa shape index (κ1) is 25.0. The van der Waals surface area contributed by atoms with E-state index in [0.29, 0.717) is 25.3 Å². The highest BCUT2D eigenvalue weighted by Gasteiger charge is 2.27. The number of phenolic OH excluding ortho intramolecular Hbond substituents is 1. The number of phenols is 1. The second-order valence-corrected chi connectivity index (χ2v) is 11.8.